The van der Waals surface area contributed by atoms with E-state index in [1.807, 2.05) is 12.1 Å². The highest BCUT2D eigenvalue weighted by Gasteiger charge is 2.14. The Morgan fingerprint density at radius 2 is 1.94 bits per heavy atom. The van der Waals surface area contributed by atoms with Crippen molar-refractivity contribution in [2.75, 3.05) is 5.73 Å². The highest BCUT2D eigenvalue weighted by Crippen LogP contribution is 2.36. The second-order valence-corrected chi connectivity index (χ2v) is 4.88. The summed E-state index contributed by atoms with van der Waals surface area (Å²) < 4.78 is 6.41. The fraction of sp³-hybridized carbons (Fsp3) is 0. The monoisotopic (exact) mass is 304 g/mol. The van der Waals surface area contributed by atoms with E-state index in [0.717, 1.165) is 10.8 Å². The van der Waals surface area contributed by atoms with Crippen molar-refractivity contribution in [2.45, 2.75) is 0 Å². The molecule has 0 aliphatic heterocycles. The van der Waals surface area contributed by atoms with Crippen LogP contribution in [0.2, 0.25) is 0 Å². The van der Waals surface area contributed by atoms with Crippen LogP contribution in [0.3, 0.4) is 0 Å². The molecule has 0 unspecified atom stereocenters. The molecule has 0 spiro atoms. The minimum absolute atomic E-state index is 0.430. The third kappa shape index (κ3) is 1.48. The van der Waals surface area contributed by atoms with Gasteiger partial charge in [-0.25, -0.2) is 0 Å². The maximum atomic E-state index is 11.3. The van der Waals surface area contributed by atoms with Gasteiger partial charge in [0.25, 0.3) is 0 Å². The number of nitrogens with two attached hydrogens (primary N) is 2. The van der Waals surface area contributed by atoms with Crippen molar-refractivity contribution in [2.24, 2.45) is 5.73 Å². The smallest absolute Gasteiger partial charge is 0.248 e. The highest BCUT2D eigenvalue weighted by molar-refractivity contribution is 9.10. The number of nitrogen functional groups attached to an aromatic ring is 1. The van der Waals surface area contributed by atoms with Crippen molar-refractivity contribution < 1.29 is 9.21 Å². The van der Waals surface area contributed by atoms with Crippen LogP contribution in [0.1, 0.15) is 10.4 Å². The summed E-state index contributed by atoms with van der Waals surface area (Å²) in [7, 11) is 0. The second kappa shape index (κ2) is 3.74. The van der Waals surface area contributed by atoms with Gasteiger partial charge in [-0.3, -0.25) is 4.79 Å². The molecule has 3 rings (SSSR count). The minimum atomic E-state index is -0.476. The van der Waals surface area contributed by atoms with E-state index in [9.17, 15) is 4.79 Å². The Kier molecular flexibility index (Phi) is 2.31. The van der Waals surface area contributed by atoms with Gasteiger partial charge in [0.05, 0.1) is 10.2 Å². The molecule has 0 saturated carbocycles. The maximum absolute atomic E-state index is 11.3. The molecule has 0 fully saturated rings. The van der Waals surface area contributed by atoms with Crippen molar-refractivity contribution in [3.05, 3.63) is 40.4 Å². The van der Waals surface area contributed by atoms with Crippen molar-refractivity contribution in [3.8, 4) is 0 Å². The van der Waals surface area contributed by atoms with Crippen LogP contribution in [-0.2, 0) is 0 Å². The molecular weight excluding hydrogens is 296 g/mol. The summed E-state index contributed by atoms with van der Waals surface area (Å²) in [4.78, 5) is 11.3. The number of para-hydroxylation sites is 1. The molecule has 1 heterocycles. The first-order valence-corrected chi connectivity index (χ1v) is 6.07. The van der Waals surface area contributed by atoms with Gasteiger partial charge in [-0.2, -0.15) is 0 Å². The molecule has 0 aliphatic rings. The average Bonchev–Trinajstić information content (AvgIpc) is 2.70. The van der Waals surface area contributed by atoms with Gasteiger partial charge in [0.1, 0.15) is 5.58 Å². The quantitative estimate of drug-likeness (QED) is 0.678. The Bertz CT molecular complexity index is 792. The van der Waals surface area contributed by atoms with Crippen molar-refractivity contribution in [1.82, 2.24) is 0 Å². The van der Waals surface area contributed by atoms with Gasteiger partial charge in [-0.05, 0) is 34.1 Å². The summed E-state index contributed by atoms with van der Waals surface area (Å²) in [5, 5.41) is 1.69. The van der Waals surface area contributed by atoms with Crippen molar-refractivity contribution in [3.63, 3.8) is 0 Å². The lowest BCUT2D eigenvalue weighted by Crippen LogP contribution is -2.10. The number of carbonyl (C=O) groups excluding carboxylic acids is 1. The van der Waals surface area contributed by atoms with Crippen molar-refractivity contribution in [1.29, 1.82) is 0 Å². The number of rotatable bonds is 1. The molecule has 2 aromatic carbocycles. The summed E-state index contributed by atoms with van der Waals surface area (Å²) in [6, 6.07) is 8.87. The van der Waals surface area contributed by atoms with E-state index in [1.54, 1.807) is 18.2 Å². The molecule has 4 N–H and O–H groups in total. The zero-order valence-corrected chi connectivity index (χ0v) is 10.8. The van der Waals surface area contributed by atoms with E-state index in [-0.39, 0.29) is 0 Å². The summed E-state index contributed by atoms with van der Waals surface area (Å²) in [6.45, 7) is 0. The molecule has 3 aromatic rings. The Balaban J connectivity index is 2.52. The lowest BCUT2D eigenvalue weighted by Gasteiger charge is -1.98. The molecule has 1 amide bonds. The van der Waals surface area contributed by atoms with E-state index in [1.165, 1.54) is 0 Å². The molecule has 0 saturated heterocycles. The Morgan fingerprint density at radius 1 is 1.17 bits per heavy atom. The molecule has 0 aliphatic carbocycles. The van der Waals surface area contributed by atoms with Crippen LogP contribution in [0.4, 0.5) is 5.69 Å². The fourth-order valence-electron chi connectivity index (χ4n) is 2.02. The average molecular weight is 305 g/mol. The molecule has 0 bridgehead atoms. The molecule has 4 nitrogen and oxygen atoms in total. The zero-order valence-electron chi connectivity index (χ0n) is 9.24. The first-order valence-electron chi connectivity index (χ1n) is 5.28. The minimum Gasteiger partial charge on any atom is -0.453 e. The highest BCUT2D eigenvalue weighted by atomic mass is 79.9. The third-order valence-electron chi connectivity index (χ3n) is 2.87. The molecule has 0 atom stereocenters. The van der Waals surface area contributed by atoms with Gasteiger partial charge in [0.15, 0.2) is 5.58 Å². The maximum Gasteiger partial charge on any atom is 0.248 e. The SMILES string of the molecule is NC(=O)c1cc(Br)c2oc3c(N)cccc3c2c1. The van der Waals surface area contributed by atoms with E-state index >= 15 is 0 Å². The molecule has 18 heavy (non-hydrogen) atoms. The molecule has 1 aromatic heterocycles. The lowest BCUT2D eigenvalue weighted by molar-refractivity contribution is 0.100. The van der Waals surface area contributed by atoms with Crippen LogP contribution < -0.4 is 11.5 Å². The fourth-order valence-corrected chi connectivity index (χ4v) is 2.56. The Hall–Kier alpha value is -2.01. The number of hydrogen-bond donors (Lipinski definition) is 2. The molecular formula is C13H9BrN2O2. The first-order chi connectivity index (χ1) is 8.58. The van der Waals surface area contributed by atoms with Gasteiger partial charge in [0, 0.05) is 16.3 Å². The summed E-state index contributed by atoms with van der Waals surface area (Å²) in [6.07, 6.45) is 0. The van der Waals surface area contributed by atoms with E-state index in [2.05, 4.69) is 15.9 Å². The van der Waals surface area contributed by atoms with Gasteiger partial charge in [-0.15, -0.1) is 0 Å². The summed E-state index contributed by atoms with van der Waals surface area (Å²) in [5.74, 6) is -0.476. The topological polar surface area (TPSA) is 82.2 Å². The molecule has 0 radical (unpaired) electrons. The van der Waals surface area contributed by atoms with Crippen LogP contribution in [0.15, 0.2) is 39.2 Å². The largest absolute Gasteiger partial charge is 0.453 e. The second-order valence-electron chi connectivity index (χ2n) is 4.02. The number of hydrogen-bond acceptors (Lipinski definition) is 3. The number of amides is 1. The van der Waals surface area contributed by atoms with Crippen LogP contribution in [-0.4, -0.2) is 5.91 Å². The number of halogens is 1. The van der Waals surface area contributed by atoms with E-state index < -0.39 is 5.91 Å². The van der Waals surface area contributed by atoms with Crippen LogP contribution in [0.25, 0.3) is 21.9 Å². The van der Waals surface area contributed by atoms with Gasteiger partial charge < -0.3 is 15.9 Å². The van der Waals surface area contributed by atoms with Gasteiger partial charge >= 0.3 is 0 Å². The zero-order chi connectivity index (χ0) is 12.9. The Morgan fingerprint density at radius 3 is 2.67 bits per heavy atom. The first kappa shape index (κ1) is 11.1. The van der Waals surface area contributed by atoms with Crippen LogP contribution in [0, 0.1) is 0 Å². The predicted molar refractivity (Wildman–Crippen MR) is 74.4 cm³/mol. The Labute approximate surface area is 111 Å². The number of benzene rings is 2. The summed E-state index contributed by atoms with van der Waals surface area (Å²) in [5.41, 5.74) is 13.4. The number of carbonyl (C=O) groups is 1. The number of anilines is 1. The van der Waals surface area contributed by atoms with Crippen LogP contribution in [0.5, 0.6) is 0 Å². The number of fused-ring (bicyclic) bond motifs is 3. The van der Waals surface area contributed by atoms with E-state index in [4.69, 9.17) is 15.9 Å². The molecule has 90 valence electrons. The molecule has 5 heteroatoms. The number of furan rings is 1. The van der Waals surface area contributed by atoms with Crippen molar-refractivity contribution >= 4 is 49.5 Å². The summed E-state index contributed by atoms with van der Waals surface area (Å²) >= 11 is 3.38. The van der Waals surface area contributed by atoms with Gasteiger partial charge in [-0.1, -0.05) is 12.1 Å². The van der Waals surface area contributed by atoms with E-state index in [0.29, 0.717) is 26.9 Å². The lowest BCUT2D eigenvalue weighted by atomic mass is 10.1. The standard InChI is InChI=1S/C13H9BrN2O2/c14-9-5-6(13(16)17)4-8-7-2-1-3-10(15)12(7)18-11(8)9/h1-5H,15H2,(H2,16,17). The normalized spacial score (nSPS) is 11.2. The predicted octanol–water partition coefficient (Wildman–Crippen LogP) is 3.03. The third-order valence-corrected chi connectivity index (χ3v) is 3.46. The van der Waals surface area contributed by atoms with Crippen LogP contribution >= 0.6 is 15.9 Å². The van der Waals surface area contributed by atoms with Gasteiger partial charge in [0.2, 0.25) is 5.91 Å². The number of primary amides is 1.